The van der Waals surface area contributed by atoms with E-state index in [1.54, 1.807) is 13.0 Å². The topological polar surface area (TPSA) is 76.1 Å². The smallest absolute Gasteiger partial charge is 0.333 e. The van der Waals surface area contributed by atoms with Crippen molar-refractivity contribution < 1.29 is 24.2 Å². The lowest BCUT2D eigenvalue weighted by Crippen LogP contribution is -2.61. The van der Waals surface area contributed by atoms with Crippen LogP contribution in [-0.4, -0.2) is 34.4 Å². The van der Waals surface area contributed by atoms with Gasteiger partial charge in [-0.1, -0.05) is 12.7 Å². The number of aliphatic carboxylic acids is 1. The van der Waals surface area contributed by atoms with Gasteiger partial charge in [-0.3, -0.25) is 4.79 Å². The SMILES string of the molecule is C=C1[C@@H]2CC[C@@]34O[C@@]35CCC[C@@](C)(C(=O)O)[C@H]5CC[C@]4(C2)[C@H]1OC(=O)/C(C)=C/C. The maximum absolute atomic E-state index is 12.7. The minimum atomic E-state index is -0.733. The van der Waals surface area contributed by atoms with Crippen LogP contribution in [0.3, 0.4) is 0 Å². The van der Waals surface area contributed by atoms with Crippen molar-refractivity contribution in [3.8, 4) is 0 Å². The molecule has 5 fully saturated rings. The molecule has 29 heavy (non-hydrogen) atoms. The molecule has 1 saturated heterocycles. The van der Waals surface area contributed by atoms with E-state index in [4.69, 9.17) is 9.47 Å². The third-order valence-corrected chi connectivity index (χ3v) is 9.54. The zero-order valence-electron chi connectivity index (χ0n) is 17.8. The van der Waals surface area contributed by atoms with E-state index in [2.05, 4.69) is 6.58 Å². The molecular weight excluding hydrogens is 368 g/mol. The van der Waals surface area contributed by atoms with Crippen LogP contribution in [0.2, 0.25) is 0 Å². The molecular formula is C24H32O5. The van der Waals surface area contributed by atoms with E-state index in [1.165, 1.54) is 0 Å². The summed E-state index contributed by atoms with van der Waals surface area (Å²) in [5.74, 6) is -0.562. The van der Waals surface area contributed by atoms with Gasteiger partial charge >= 0.3 is 11.9 Å². The summed E-state index contributed by atoms with van der Waals surface area (Å²) < 4.78 is 12.9. The zero-order valence-corrected chi connectivity index (χ0v) is 17.8. The maximum Gasteiger partial charge on any atom is 0.333 e. The number of carboxylic acid groups (broad SMARTS) is 1. The van der Waals surface area contributed by atoms with Crippen LogP contribution >= 0.6 is 0 Å². The average Bonchev–Trinajstić information content (AvgIpc) is 3.30. The van der Waals surface area contributed by atoms with Gasteiger partial charge in [0, 0.05) is 16.9 Å². The fourth-order valence-electron chi connectivity index (χ4n) is 7.95. The first-order chi connectivity index (χ1) is 13.7. The second-order valence-corrected chi connectivity index (χ2v) is 10.4. The van der Waals surface area contributed by atoms with Gasteiger partial charge in [0.1, 0.15) is 17.3 Å². The van der Waals surface area contributed by atoms with Crippen LogP contribution in [-0.2, 0) is 19.1 Å². The van der Waals surface area contributed by atoms with Gasteiger partial charge < -0.3 is 14.6 Å². The number of epoxide rings is 1. The van der Waals surface area contributed by atoms with Crippen molar-refractivity contribution in [2.45, 2.75) is 89.4 Å². The van der Waals surface area contributed by atoms with Crippen LogP contribution < -0.4 is 0 Å². The molecule has 4 saturated carbocycles. The Hall–Kier alpha value is -1.62. The van der Waals surface area contributed by atoms with Crippen LogP contribution in [0.1, 0.15) is 72.1 Å². The number of hydrogen-bond donors (Lipinski definition) is 1. The van der Waals surface area contributed by atoms with Crippen LogP contribution in [0.15, 0.2) is 23.8 Å². The Morgan fingerprint density at radius 2 is 2.00 bits per heavy atom. The van der Waals surface area contributed by atoms with Gasteiger partial charge in [0.15, 0.2) is 0 Å². The number of carbonyl (C=O) groups excluding carboxylic acids is 1. The summed E-state index contributed by atoms with van der Waals surface area (Å²) in [7, 11) is 0. The van der Waals surface area contributed by atoms with E-state index in [-0.39, 0.29) is 34.6 Å². The first kappa shape index (κ1) is 19.3. The van der Waals surface area contributed by atoms with Crippen molar-refractivity contribution in [3.63, 3.8) is 0 Å². The molecule has 5 aliphatic rings. The highest BCUT2D eigenvalue weighted by Crippen LogP contribution is 2.81. The van der Waals surface area contributed by atoms with Crippen molar-refractivity contribution in [1.29, 1.82) is 0 Å². The fraction of sp³-hybridized carbons (Fsp3) is 0.750. The highest BCUT2D eigenvalue weighted by Gasteiger charge is 2.88. The predicted molar refractivity (Wildman–Crippen MR) is 107 cm³/mol. The van der Waals surface area contributed by atoms with Crippen LogP contribution in [0, 0.1) is 22.7 Å². The number of rotatable bonds is 3. The minimum absolute atomic E-state index is 0.0333. The summed E-state index contributed by atoms with van der Waals surface area (Å²) in [5, 5.41) is 10.0. The Kier molecular flexibility index (Phi) is 3.83. The Labute approximate surface area is 172 Å². The van der Waals surface area contributed by atoms with Gasteiger partial charge in [0.05, 0.1) is 5.41 Å². The highest BCUT2D eigenvalue weighted by atomic mass is 16.6. The highest BCUT2D eigenvalue weighted by molar-refractivity contribution is 5.88. The molecule has 1 N–H and O–H groups in total. The van der Waals surface area contributed by atoms with Gasteiger partial charge in [-0.25, -0.2) is 4.79 Å². The van der Waals surface area contributed by atoms with Crippen molar-refractivity contribution in [1.82, 2.24) is 0 Å². The zero-order chi connectivity index (χ0) is 20.8. The van der Waals surface area contributed by atoms with E-state index in [0.29, 0.717) is 11.5 Å². The lowest BCUT2D eigenvalue weighted by Gasteiger charge is -2.53. The number of esters is 1. The van der Waals surface area contributed by atoms with Crippen LogP contribution in [0.25, 0.3) is 0 Å². The number of ether oxygens (including phenoxy) is 2. The first-order valence-corrected chi connectivity index (χ1v) is 11.1. The molecule has 7 atom stereocenters. The number of allylic oxidation sites excluding steroid dienone is 1. The molecule has 158 valence electrons. The number of hydrogen-bond acceptors (Lipinski definition) is 4. The summed E-state index contributed by atoms with van der Waals surface area (Å²) in [5.41, 5.74) is -0.0499. The lowest BCUT2D eigenvalue weighted by molar-refractivity contribution is -0.161. The van der Waals surface area contributed by atoms with E-state index in [1.807, 2.05) is 13.8 Å². The van der Waals surface area contributed by atoms with Gasteiger partial charge in [-0.2, -0.15) is 0 Å². The minimum Gasteiger partial charge on any atom is -0.481 e. The largest absolute Gasteiger partial charge is 0.481 e. The van der Waals surface area contributed by atoms with Gasteiger partial charge in [-0.15, -0.1) is 0 Å². The number of carboxylic acids is 1. The molecule has 0 aromatic heterocycles. The molecule has 0 radical (unpaired) electrons. The van der Waals surface area contributed by atoms with Crippen molar-refractivity contribution >= 4 is 11.9 Å². The molecule has 5 heteroatoms. The Bertz CT molecular complexity index is 844. The van der Waals surface area contributed by atoms with Crippen molar-refractivity contribution in [2.75, 3.05) is 0 Å². The summed E-state index contributed by atoms with van der Waals surface area (Å²) >= 11 is 0. The second-order valence-electron chi connectivity index (χ2n) is 10.4. The number of carbonyl (C=O) groups is 2. The number of fused-ring (bicyclic) bond motifs is 1. The van der Waals surface area contributed by atoms with E-state index >= 15 is 0 Å². The molecule has 0 amide bonds. The Morgan fingerprint density at radius 3 is 2.69 bits per heavy atom. The quantitative estimate of drug-likeness (QED) is 0.329. The molecule has 1 heterocycles. The van der Waals surface area contributed by atoms with E-state index in [9.17, 15) is 14.7 Å². The Balaban J connectivity index is 1.55. The molecule has 5 rings (SSSR count). The normalized spacial score (nSPS) is 50.2. The molecule has 4 aliphatic carbocycles. The standard InChI is InChI=1S/C24H32O5/c1-5-14(2)19(25)28-18-15(3)16-7-12-24-22(18,13-16)11-8-17-21(4,20(26)27)9-6-10-23(17,24)29-24/h5,16-18H,3,6-13H2,1-2,4H3,(H,26,27)/b14-5+/t16-,17-,18+,21-,22+,23-,24+/m1/s1. The summed E-state index contributed by atoms with van der Waals surface area (Å²) in [6, 6.07) is 0. The van der Waals surface area contributed by atoms with Gasteiger partial charge in [0.25, 0.3) is 0 Å². The van der Waals surface area contributed by atoms with E-state index < -0.39 is 11.4 Å². The van der Waals surface area contributed by atoms with E-state index in [0.717, 1.165) is 56.9 Å². The van der Waals surface area contributed by atoms with Gasteiger partial charge in [-0.05, 0) is 83.6 Å². The fourth-order valence-corrected chi connectivity index (χ4v) is 7.95. The molecule has 0 unspecified atom stereocenters. The molecule has 5 nitrogen and oxygen atoms in total. The average molecular weight is 401 g/mol. The summed E-state index contributed by atoms with van der Waals surface area (Å²) in [4.78, 5) is 24.9. The monoisotopic (exact) mass is 400 g/mol. The molecule has 3 spiro atoms. The summed E-state index contributed by atoms with van der Waals surface area (Å²) in [6.45, 7) is 9.91. The third kappa shape index (κ3) is 2.05. The van der Waals surface area contributed by atoms with Crippen LogP contribution in [0.4, 0.5) is 0 Å². The summed E-state index contributed by atoms with van der Waals surface area (Å²) in [6.07, 6.45) is 8.53. The Morgan fingerprint density at radius 1 is 1.24 bits per heavy atom. The first-order valence-electron chi connectivity index (χ1n) is 11.1. The van der Waals surface area contributed by atoms with Crippen LogP contribution in [0.5, 0.6) is 0 Å². The van der Waals surface area contributed by atoms with Crippen molar-refractivity contribution in [2.24, 2.45) is 22.7 Å². The molecule has 2 bridgehead atoms. The predicted octanol–water partition coefficient (Wildman–Crippen LogP) is 4.41. The van der Waals surface area contributed by atoms with Crippen molar-refractivity contribution in [3.05, 3.63) is 23.8 Å². The van der Waals surface area contributed by atoms with Gasteiger partial charge in [0.2, 0.25) is 0 Å². The second kappa shape index (κ2) is 5.75. The lowest BCUT2D eigenvalue weighted by atomic mass is 9.46. The maximum atomic E-state index is 12.7. The third-order valence-electron chi connectivity index (χ3n) is 9.54. The molecule has 1 aliphatic heterocycles. The molecule has 0 aromatic carbocycles. The molecule has 0 aromatic rings.